The Morgan fingerprint density at radius 3 is 2.60 bits per heavy atom. The molecule has 2 unspecified atom stereocenters. The molecule has 1 aliphatic carbocycles. The number of rotatable bonds is 5. The summed E-state index contributed by atoms with van der Waals surface area (Å²) in [5.41, 5.74) is 0.925. The average Bonchev–Trinajstić information content (AvgIpc) is 3.28. The van der Waals surface area contributed by atoms with E-state index in [1.807, 2.05) is 17.9 Å². The molecular formula is C24H35N3O2S. The number of fused-ring (bicyclic) bond motifs is 3. The van der Waals surface area contributed by atoms with Crippen LogP contribution in [0.5, 0.6) is 0 Å². The molecule has 2 aliphatic rings. The van der Waals surface area contributed by atoms with Gasteiger partial charge in [-0.05, 0) is 70.4 Å². The Balaban J connectivity index is 1.70. The molecule has 1 fully saturated rings. The van der Waals surface area contributed by atoms with Crippen LogP contribution in [-0.2, 0) is 17.8 Å². The lowest BCUT2D eigenvalue weighted by atomic mass is 9.86. The van der Waals surface area contributed by atoms with Gasteiger partial charge in [0.2, 0.25) is 5.91 Å². The van der Waals surface area contributed by atoms with Crippen LogP contribution in [0.3, 0.4) is 0 Å². The normalized spacial score (nSPS) is 27.9. The van der Waals surface area contributed by atoms with Gasteiger partial charge in [0.1, 0.15) is 11.2 Å². The van der Waals surface area contributed by atoms with Gasteiger partial charge in [0.15, 0.2) is 0 Å². The van der Waals surface area contributed by atoms with Crippen LogP contribution in [0.1, 0.15) is 82.1 Å². The molecule has 0 radical (unpaired) electrons. The molecule has 3 heterocycles. The number of carbonyl (C=O) groups is 2. The molecule has 0 saturated heterocycles. The maximum absolute atomic E-state index is 13.7. The molecule has 2 amide bonds. The monoisotopic (exact) mass is 429 g/mol. The maximum Gasteiger partial charge on any atom is 0.271 e. The molecule has 2 aromatic heterocycles. The Hall–Kier alpha value is -1.82. The number of carbonyl (C=O) groups excluding carboxylic acids is 2. The van der Waals surface area contributed by atoms with E-state index >= 15 is 0 Å². The first-order valence-corrected chi connectivity index (χ1v) is 12.4. The van der Waals surface area contributed by atoms with Crippen LogP contribution in [-0.4, -0.2) is 38.9 Å². The standard InChI is InChI=1S/C24H35N3O2S/c1-6-16(4)27-22(28)20-13-21-19(12-18(7-2)30-21)26(20)14-24(27,5)23(29)25-17-10-8-15(3)9-11-17/h12-13,15-17H,6-11,14H2,1-5H3,(H,25,29). The zero-order valence-electron chi connectivity index (χ0n) is 19.0. The molecular weight excluding hydrogens is 394 g/mol. The maximum atomic E-state index is 13.7. The minimum atomic E-state index is -0.886. The topological polar surface area (TPSA) is 54.3 Å². The number of aryl methyl sites for hydroxylation is 1. The molecule has 4 rings (SSSR count). The van der Waals surface area contributed by atoms with Crippen LogP contribution >= 0.6 is 11.3 Å². The van der Waals surface area contributed by atoms with Crippen molar-refractivity contribution in [1.82, 2.24) is 14.8 Å². The summed E-state index contributed by atoms with van der Waals surface area (Å²) in [7, 11) is 0. The molecule has 2 atom stereocenters. The third-order valence-corrected chi connectivity index (χ3v) is 8.51. The zero-order valence-corrected chi connectivity index (χ0v) is 19.8. The highest BCUT2D eigenvalue weighted by molar-refractivity contribution is 7.19. The number of thiophene rings is 1. The van der Waals surface area contributed by atoms with Crippen LogP contribution in [0.2, 0.25) is 0 Å². The van der Waals surface area contributed by atoms with Crippen LogP contribution < -0.4 is 5.32 Å². The quantitative estimate of drug-likeness (QED) is 0.729. The van der Waals surface area contributed by atoms with Crippen molar-refractivity contribution in [1.29, 1.82) is 0 Å². The van der Waals surface area contributed by atoms with Crippen molar-refractivity contribution in [3.63, 3.8) is 0 Å². The number of hydrogen-bond acceptors (Lipinski definition) is 3. The lowest BCUT2D eigenvalue weighted by Crippen LogP contribution is -2.67. The van der Waals surface area contributed by atoms with Gasteiger partial charge in [-0.1, -0.05) is 20.8 Å². The van der Waals surface area contributed by atoms with Crippen LogP contribution in [0.15, 0.2) is 12.1 Å². The van der Waals surface area contributed by atoms with Gasteiger partial charge in [-0.2, -0.15) is 0 Å². The van der Waals surface area contributed by atoms with Gasteiger partial charge < -0.3 is 14.8 Å². The van der Waals surface area contributed by atoms with Crippen molar-refractivity contribution in [3.8, 4) is 0 Å². The average molecular weight is 430 g/mol. The second-order valence-electron chi connectivity index (χ2n) is 9.57. The molecule has 1 aliphatic heterocycles. The third kappa shape index (κ3) is 3.47. The van der Waals surface area contributed by atoms with Crippen molar-refractivity contribution in [3.05, 3.63) is 22.7 Å². The number of nitrogens with zero attached hydrogens (tertiary/aromatic N) is 2. The Bertz CT molecular complexity index is 953. The highest BCUT2D eigenvalue weighted by Gasteiger charge is 2.49. The zero-order chi connectivity index (χ0) is 21.6. The first kappa shape index (κ1) is 21.4. The Kier molecular flexibility index (Phi) is 5.73. The number of nitrogens with one attached hydrogen (secondary N) is 1. The van der Waals surface area contributed by atoms with Crippen molar-refractivity contribution in [2.24, 2.45) is 5.92 Å². The van der Waals surface area contributed by atoms with E-state index in [0.29, 0.717) is 6.54 Å². The summed E-state index contributed by atoms with van der Waals surface area (Å²) in [5.74, 6) is 0.713. The highest BCUT2D eigenvalue weighted by Crippen LogP contribution is 2.37. The summed E-state index contributed by atoms with van der Waals surface area (Å²) in [6.07, 6.45) is 6.19. The molecule has 0 spiro atoms. The minimum Gasteiger partial charge on any atom is -0.351 e. The molecule has 0 bridgehead atoms. The van der Waals surface area contributed by atoms with E-state index in [9.17, 15) is 9.59 Å². The predicted octanol–water partition coefficient (Wildman–Crippen LogP) is 4.97. The van der Waals surface area contributed by atoms with Gasteiger partial charge in [-0.3, -0.25) is 9.59 Å². The van der Waals surface area contributed by atoms with E-state index in [1.165, 1.54) is 4.88 Å². The van der Waals surface area contributed by atoms with Crippen molar-refractivity contribution in [2.45, 2.75) is 97.3 Å². The van der Waals surface area contributed by atoms with E-state index < -0.39 is 5.54 Å². The summed E-state index contributed by atoms with van der Waals surface area (Å²) in [6.45, 7) is 11.0. The number of amides is 2. The van der Waals surface area contributed by atoms with Crippen LogP contribution in [0.25, 0.3) is 10.2 Å². The lowest BCUT2D eigenvalue weighted by Gasteiger charge is -2.47. The molecule has 5 nitrogen and oxygen atoms in total. The van der Waals surface area contributed by atoms with Crippen LogP contribution in [0.4, 0.5) is 0 Å². The summed E-state index contributed by atoms with van der Waals surface area (Å²) in [6, 6.07) is 4.44. The van der Waals surface area contributed by atoms with Crippen molar-refractivity contribution < 1.29 is 9.59 Å². The van der Waals surface area contributed by atoms with E-state index in [1.54, 1.807) is 11.3 Å². The van der Waals surface area contributed by atoms with E-state index in [2.05, 4.69) is 43.6 Å². The SMILES string of the molecule is CCc1cc2c(cc3n2CC(C)(C(=O)NC2CCC(C)CC2)N(C(C)CC)C3=O)s1. The third-order valence-electron chi connectivity index (χ3n) is 7.30. The summed E-state index contributed by atoms with van der Waals surface area (Å²) < 4.78 is 3.24. The molecule has 1 saturated carbocycles. The summed E-state index contributed by atoms with van der Waals surface area (Å²) in [5, 5.41) is 3.32. The summed E-state index contributed by atoms with van der Waals surface area (Å²) >= 11 is 1.75. The number of hydrogen-bond donors (Lipinski definition) is 1. The second kappa shape index (κ2) is 8.03. The Morgan fingerprint density at radius 1 is 1.27 bits per heavy atom. The smallest absolute Gasteiger partial charge is 0.271 e. The fourth-order valence-electron chi connectivity index (χ4n) is 5.14. The fourth-order valence-corrected chi connectivity index (χ4v) is 6.18. The largest absolute Gasteiger partial charge is 0.351 e. The van der Waals surface area contributed by atoms with Gasteiger partial charge in [0.25, 0.3) is 5.91 Å². The van der Waals surface area contributed by atoms with E-state index in [0.717, 1.165) is 60.4 Å². The minimum absolute atomic E-state index is 0.00542. The first-order chi connectivity index (χ1) is 14.3. The van der Waals surface area contributed by atoms with Gasteiger partial charge in [-0.15, -0.1) is 11.3 Å². The lowest BCUT2D eigenvalue weighted by molar-refractivity contribution is -0.135. The molecule has 0 aromatic carbocycles. The van der Waals surface area contributed by atoms with Gasteiger partial charge in [-0.25, -0.2) is 0 Å². The molecule has 1 N–H and O–H groups in total. The molecule has 164 valence electrons. The first-order valence-electron chi connectivity index (χ1n) is 11.5. The van der Waals surface area contributed by atoms with Gasteiger partial charge in [0, 0.05) is 17.0 Å². The number of aromatic nitrogens is 1. The molecule has 6 heteroatoms. The van der Waals surface area contributed by atoms with E-state index in [4.69, 9.17) is 0 Å². The fraction of sp³-hybridized carbons (Fsp3) is 0.667. The second-order valence-corrected chi connectivity index (χ2v) is 10.7. The Labute approximate surface area is 183 Å². The molecule has 30 heavy (non-hydrogen) atoms. The Morgan fingerprint density at radius 2 is 1.97 bits per heavy atom. The van der Waals surface area contributed by atoms with Crippen LogP contribution in [0, 0.1) is 5.92 Å². The summed E-state index contributed by atoms with van der Waals surface area (Å²) in [4.78, 5) is 30.5. The van der Waals surface area contributed by atoms with Gasteiger partial charge >= 0.3 is 0 Å². The highest BCUT2D eigenvalue weighted by atomic mass is 32.1. The van der Waals surface area contributed by atoms with E-state index in [-0.39, 0.29) is 23.9 Å². The van der Waals surface area contributed by atoms with Gasteiger partial charge in [0.05, 0.1) is 16.8 Å². The molecule has 2 aromatic rings. The van der Waals surface area contributed by atoms with Crippen molar-refractivity contribution >= 4 is 33.4 Å². The van der Waals surface area contributed by atoms with Crippen molar-refractivity contribution in [2.75, 3.05) is 0 Å². The predicted molar refractivity (Wildman–Crippen MR) is 123 cm³/mol.